The van der Waals surface area contributed by atoms with Crippen molar-refractivity contribution in [1.29, 1.82) is 0 Å². The first kappa shape index (κ1) is 17.5. The van der Waals surface area contributed by atoms with E-state index in [0.717, 1.165) is 24.8 Å². The van der Waals surface area contributed by atoms with E-state index in [1.54, 1.807) is 41.3 Å². The summed E-state index contributed by atoms with van der Waals surface area (Å²) < 4.78 is 0. The number of amides is 3. The number of aliphatic hydroxyl groups is 1. The van der Waals surface area contributed by atoms with E-state index >= 15 is 0 Å². The number of fused-ring (bicyclic) bond motifs is 1. The third-order valence-electron chi connectivity index (χ3n) is 5.37. The van der Waals surface area contributed by atoms with Crippen LogP contribution in [0.5, 0.6) is 0 Å². The monoisotopic (exact) mass is 365 g/mol. The van der Waals surface area contributed by atoms with E-state index in [1.807, 2.05) is 19.1 Å². The van der Waals surface area contributed by atoms with Crippen molar-refractivity contribution in [2.75, 3.05) is 23.3 Å². The topological polar surface area (TPSA) is 72.9 Å². The molecule has 2 aromatic rings. The number of anilines is 2. The molecule has 2 aliphatic heterocycles. The first-order chi connectivity index (χ1) is 13.1. The average Bonchev–Trinajstić information content (AvgIpc) is 3.22. The zero-order chi connectivity index (χ0) is 19.0. The van der Waals surface area contributed by atoms with E-state index in [2.05, 4.69) is 5.32 Å². The minimum absolute atomic E-state index is 0.390. The SMILES string of the molecule is CCc1ccc(N2C(=O)Nc3ccccc3C2(O)C(=O)N2CCCC2)cc1. The van der Waals surface area contributed by atoms with Crippen LogP contribution in [0.25, 0.3) is 0 Å². The minimum atomic E-state index is -2.07. The van der Waals surface area contributed by atoms with Crippen molar-refractivity contribution < 1.29 is 14.7 Å². The van der Waals surface area contributed by atoms with Gasteiger partial charge in [0.15, 0.2) is 0 Å². The van der Waals surface area contributed by atoms with Gasteiger partial charge in [0.2, 0.25) is 0 Å². The lowest BCUT2D eigenvalue weighted by Gasteiger charge is -2.44. The van der Waals surface area contributed by atoms with Crippen LogP contribution in [0.15, 0.2) is 48.5 Å². The predicted octanol–water partition coefficient (Wildman–Crippen LogP) is 3.07. The summed E-state index contributed by atoms with van der Waals surface area (Å²) >= 11 is 0. The fraction of sp³-hybridized carbons (Fsp3) is 0.333. The Morgan fingerprint density at radius 2 is 1.78 bits per heavy atom. The minimum Gasteiger partial charge on any atom is -0.359 e. The number of rotatable bonds is 3. The summed E-state index contributed by atoms with van der Waals surface area (Å²) in [6, 6.07) is 13.8. The second kappa shape index (κ2) is 6.70. The van der Waals surface area contributed by atoms with Crippen LogP contribution < -0.4 is 10.2 Å². The molecule has 0 aromatic heterocycles. The molecule has 2 N–H and O–H groups in total. The van der Waals surface area contributed by atoms with Gasteiger partial charge in [-0.05, 0) is 43.0 Å². The number of likely N-dealkylation sites (tertiary alicyclic amines) is 1. The molecular weight excluding hydrogens is 342 g/mol. The Labute approximate surface area is 158 Å². The fourth-order valence-electron chi connectivity index (χ4n) is 3.87. The van der Waals surface area contributed by atoms with Crippen molar-refractivity contribution in [3.63, 3.8) is 0 Å². The molecule has 0 bridgehead atoms. The highest BCUT2D eigenvalue weighted by Gasteiger charge is 2.53. The van der Waals surface area contributed by atoms with E-state index in [0.29, 0.717) is 30.0 Å². The Bertz CT molecular complexity index is 874. The summed E-state index contributed by atoms with van der Waals surface area (Å²) in [7, 11) is 0. The molecular formula is C21H23N3O3. The highest BCUT2D eigenvalue weighted by molar-refractivity contribution is 6.11. The molecule has 27 heavy (non-hydrogen) atoms. The second-order valence-electron chi connectivity index (χ2n) is 7.00. The van der Waals surface area contributed by atoms with Gasteiger partial charge >= 0.3 is 6.03 Å². The van der Waals surface area contributed by atoms with Crippen LogP contribution in [0.1, 0.15) is 30.9 Å². The molecule has 2 heterocycles. The van der Waals surface area contributed by atoms with Crippen LogP contribution in [0.2, 0.25) is 0 Å². The van der Waals surface area contributed by atoms with E-state index in [-0.39, 0.29) is 0 Å². The van der Waals surface area contributed by atoms with Gasteiger partial charge in [-0.1, -0.05) is 37.3 Å². The number of para-hydroxylation sites is 1. The van der Waals surface area contributed by atoms with Gasteiger partial charge in [-0.15, -0.1) is 0 Å². The molecule has 2 aromatic carbocycles. The Kier molecular flexibility index (Phi) is 4.36. The molecule has 0 spiro atoms. The lowest BCUT2D eigenvalue weighted by atomic mass is 9.94. The summed E-state index contributed by atoms with van der Waals surface area (Å²) in [6.45, 7) is 3.23. The van der Waals surface area contributed by atoms with Gasteiger partial charge in [-0.2, -0.15) is 0 Å². The van der Waals surface area contributed by atoms with Gasteiger partial charge in [-0.25, -0.2) is 4.79 Å². The van der Waals surface area contributed by atoms with Gasteiger partial charge in [0, 0.05) is 24.3 Å². The smallest absolute Gasteiger partial charge is 0.329 e. The lowest BCUT2D eigenvalue weighted by Crippen LogP contribution is -2.62. The number of hydrogen-bond acceptors (Lipinski definition) is 3. The molecule has 0 aliphatic carbocycles. The van der Waals surface area contributed by atoms with Crippen LogP contribution in [-0.2, 0) is 16.9 Å². The highest BCUT2D eigenvalue weighted by atomic mass is 16.3. The van der Waals surface area contributed by atoms with Gasteiger partial charge in [0.1, 0.15) is 0 Å². The Morgan fingerprint density at radius 3 is 2.44 bits per heavy atom. The van der Waals surface area contributed by atoms with Crippen LogP contribution in [0, 0.1) is 0 Å². The maximum Gasteiger partial charge on any atom is 0.329 e. The average molecular weight is 365 g/mol. The molecule has 140 valence electrons. The third-order valence-corrected chi connectivity index (χ3v) is 5.37. The first-order valence-electron chi connectivity index (χ1n) is 9.37. The van der Waals surface area contributed by atoms with Crippen LogP contribution in [0.4, 0.5) is 16.2 Å². The summed E-state index contributed by atoms with van der Waals surface area (Å²) in [5, 5.41) is 14.5. The maximum atomic E-state index is 13.4. The van der Waals surface area contributed by atoms with Crippen molar-refractivity contribution in [1.82, 2.24) is 4.90 Å². The van der Waals surface area contributed by atoms with E-state index in [9.17, 15) is 14.7 Å². The number of urea groups is 1. The number of hydrogen-bond donors (Lipinski definition) is 2. The Morgan fingerprint density at radius 1 is 1.11 bits per heavy atom. The number of benzene rings is 2. The van der Waals surface area contributed by atoms with Crippen molar-refractivity contribution >= 4 is 23.3 Å². The summed E-state index contributed by atoms with van der Waals surface area (Å²) in [5.41, 5.74) is 0.372. The lowest BCUT2D eigenvalue weighted by molar-refractivity contribution is -0.150. The summed E-state index contributed by atoms with van der Waals surface area (Å²) in [4.78, 5) is 29.1. The molecule has 0 radical (unpaired) electrons. The zero-order valence-corrected chi connectivity index (χ0v) is 15.3. The maximum absolute atomic E-state index is 13.4. The molecule has 3 amide bonds. The standard InChI is InChI=1S/C21H23N3O3/c1-2-15-9-11-16(12-10-15)24-20(26)22-18-8-4-3-7-17(18)21(24,27)19(25)23-13-5-6-14-23/h3-4,7-12,27H,2,5-6,13-14H2,1H3,(H,22,26). The quantitative estimate of drug-likeness (QED) is 0.878. The molecule has 6 nitrogen and oxygen atoms in total. The molecule has 2 aliphatic rings. The molecule has 1 unspecified atom stereocenters. The van der Waals surface area contributed by atoms with E-state index in [4.69, 9.17) is 0 Å². The van der Waals surface area contributed by atoms with Crippen LogP contribution in [-0.4, -0.2) is 35.0 Å². The van der Waals surface area contributed by atoms with E-state index in [1.165, 1.54) is 4.90 Å². The number of aryl methyl sites for hydroxylation is 1. The Hall–Kier alpha value is -2.86. The van der Waals surface area contributed by atoms with Crippen molar-refractivity contribution in [3.8, 4) is 0 Å². The molecule has 1 fully saturated rings. The van der Waals surface area contributed by atoms with E-state index < -0.39 is 17.7 Å². The second-order valence-corrected chi connectivity index (χ2v) is 7.00. The first-order valence-corrected chi connectivity index (χ1v) is 9.37. The fourth-order valence-corrected chi connectivity index (χ4v) is 3.87. The summed E-state index contributed by atoms with van der Waals surface area (Å²) in [5.74, 6) is -0.457. The van der Waals surface area contributed by atoms with Crippen LogP contribution in [0.3, 0.4) is 0 Å². The van der Waals surface area contributed by atoms with Gasteiger partial charge in [0.05, 0.1) is 5.69 Å². The van der Waals surface area contributed by atoms with Crippen molar-refractivity contribution in [2.45, 2.75) is 31.9 Å². The molecule has 0 saturated carbocycles. The molecule has 1 saturated heterocycles. The van der Waals surface area contributed by atoms with Crippen LogP contribution >= 0.6 is 0 Å². The molecule has 1 atom stereocenters. The number of carbonyl (C=O) groups excluding carboxylic acids is 2. The number of carbonyl (C=O) groups is 2. The zero-order valence-electron chi connectivity index (χ0n) is 15.3. The third kappa shape index (κ3) is 2.77. The molecule has 6 heteroatoms. The van der Waals surface area contributed by atoms with Gasteiger partial charge in [0.25, 0.3) is 11.6 Å². The predicted molar refractivity (Wildman–Crippen MR) is 103 cm³/mol. The summed E-state index contributed by atoms with van der Waals surface area (Å²) in [6.07, 6.45) is 2.67. The highest BCUT2D eigenvalue weighted by Crippen LogP contribution is 2.41. The van der Waals surface area contributed by atoms with Crippen molar-refractivity contribution in [3.05, 3.63) is 59.7 Å². The normalized spacial score (nSPS) is 21.8. The van der Waals surface area contributed by atoms with Crippen molar-refractivity contribution in [2.24, 2.45) is 0 Å². The van der Waals surface area contributed by atoms with Gasteiger partial charge in [-0.3, -0.25) is 9.69 Å². The molecule has 4 rings (SSSR count). The van der Waals surface area contributed by atoms with Gasteiger partial charge < -0.3 is 15.3 Å². The largest absolute Gasteiger partial charge is 0.359 e. The Balaban J connectivity index is 1.86. The number of nitrogens with one attached hydrogen (secondary N) is 1. The number of nitrogens with zero attached hydrogens (tertiary/aromatic N) is 2.